The molecule has 0 aliphatic rings. The number of hydrogen-bond donors (Lipinski definition) is 1. The topological polar surface area (TPSA) is 45.2 Å². The standard InChI is InChI=1S/C18H23N3OS/c1-4-23-17-11-6-5-10-16(17)20-18(22)21(14(2)3)13-15-9-7-8-12-19-15/h5-12,14H,4,13H2,1-3H3,(H,20,22). The van der Waals surface area contributed by atoms with Gasteiger partial charge in [0, 0.05) is 17.1 Å². The van der Waals surface area contributed by atoms with Crippen molar-refractivity contribution in [2.75, 3.05) is 11.1 Å². The molecule has 0 unspecified atom stereocenters. The molecule has 0 aliphatic heterocycles. The summed E-state index contributed by atoms with van der Waals surface area (Å²) in [6.07, 6.45) is 1.75. The van der Waals surface area contributed by atoms with E-state index >= 15 is 0 Å². The fourth-order valence-electron chi connectivity index (χ4n) is 2.19. The number of carbonyl (C=O) groups excluding carboxylic acids is 1. The molecular formula is C18H23N3OS. The number of amides is 2. The van der Waals surface area contributed by atoms with Gasteiger partial charge >= 0.3 is 6.03 Å². The molecule has 1 N–H and O–H groups in total. The molecule has 1 aromatic carbocycles. The second-order valence-corrected chi connectivity index (χ2v) is 6.71. The highest BCUT2D eigenvalue weighted by atomic mass is 32.2. The molecule has 0 atom stereocenters. The lowest BCUT2D eigenvalue weighted by atomic mass is 10.2. The summed E-state index contributed by atoms with van der Waals surface area (Å²) in [7, 11) is 0. The lowest BCUT2D eigenvalue weighted by molar-refractivity contribution is 0.193. The van der Waals surface area contributed by atoms with Gasteiger partial charge in [0.05, 0.1) is 17.9 Å². The highest BCUT2D eigenvalue weighted by Gasteiger charge is 2.18. The van der Waals surface area contributed by atoms with E-state index in [-0.39, 0.29) is 12.1 Å². The summed E-state index contributed by atoms with van der Waals surface area (Å²) in [5, 5.41) is 3.04. The fourth-order valence-corrected chi connectivity index (χ4v) is 2.95. The normalized spacial score (nSPS) is 10.6. The molecule has 0 bridgehead atoms. The molecule has 1 aromatic heterocycles. The van der Waals surface area contributed by atoms with Gasteiger partial charge in [-0.1, -0.05) is 25.1 Å². The van der Waals surface area contributed by atoms with Crippen molar-refractivity contribution in [3.8, 4) is 0 Å². The average Bonchev–Trinajstić information content (AvgIpc) is 2.55. The number of anilines is 1. The number of hydrogen-bond acceptors (Lipinski definition) is 3. The predicted octanol–water partition coefficient (Wildman–Crippen LogP) is 4.64. The Bertz CT molecular complexity index is 631. The molecule has 0 saturated carbocycles. The molecule has 4 nitrogen and oxygen atoms in total. The molecule has 2 rings (SSSR count). The first-order chi connectivity index (χ1) is 11.1. The third kappa shape index (κ3) is 4.99. The van der Waals surface area contributed by atoms with Crippen molar-refractivity contribution in [1.29, 1.82) is 0 Å². The Balaban J connectivity index is 2.13. The van der Waals surface area contributed by atoms with Crippen molar-refractivity contribution in [3.63, 3.8) is 0 Å². The highest BCUT2D eigenvalue weighted by molar-refractivity contribution is 7.99. The van der Waals surface area contributed by atoms with Crippen molar-refractivity contribution < 1.29 is 4.79 Å². The lowest BCUT2D eigenvalue weighted by Gasteiger charge is -2.27. The van der Waals surface area contributed by atoms with Crippen LogP contribution in [-0.2, 0) is 6.54 Å². The summed E-state index contributed by atoms with van der Waals surface area (Å²) in [6, 6.07) is 13.6. The van der Waals surface area contributed by atoms with E-state index in [1.165, 1.54) is 0 Å². The van der Waals surface area contributed by atoms with E-state index in [0.717, 1.165) is 22.0 Å². The number of rotatable bonds is 6. The fraction of sp³-hybridized carbons (Fsp3) is 0.333. The molecule has 0 aliphatic carbocycles. The van der Waals surface area contributed by atoms with Crippen molar-refractivity contribution in [1.82, 2.24) is 9.88 Å². The van der Waals surface area contributed by atoms with E-state index < -0.39 is 0 Å². The van der Waals surface area contributed by atoms with Crippen molar-refractivity contribution >= 4 is 23.5 Å². The van der Waals surface area contributed by atoms with Gasteiger partial charge < -0.3 is 10.2 Å². The Morgan fingerprint density at radius 2 is 1.96 bits per heavy atom. The Hall–Kier alpha value is -2.01. The molecule has 5 heteroatoms. The maximum Gasteiger partial charge on any atom is 0.322 e. The number of carbonyl (C=O) groups is 1. The van der Waals surface area contributed by atoms with Crippen molar-refractivity contribution in [2.24, 2.45) is 0 Å². The van der Waals surface area contributed by atoms with E-state index in [4.69, 9.17) is 0 Å². The summed E-state index contributed by atoms with van der Waals surface area (Å²) in [5.74, 6) is 0.967. The second kappa shape index (κ2) is 8.58. The molecule has 0 fully saturated rings. The Morgan fingerprint density at radius 3 is 2.61 bits per heavy atom. The van der Waals surface area contributed by atoms with Crippen LogP contribution in [0.3, 0.4) is 0 Å². The van der Waals surface area contributed by atoms with Crippen molar-refractivity contribution in [2.45, 2.75) is 38.3 Å². The molecule has 122 valence electrons. The number of urea groups is 1. The molecule has 2 aromatic rings. The zero-order chi connectivity index (χ0) is 16.7. The molecule has 23 heavy (non-hydrogen) atoms. The third-order valence-corrected chi connectivity index (χ3v) is 4.33. The average molecular weight is 329 g/mol. The number of benzene rings is 1. The maximum absolute atomic E-state index is 12.7. The van der Waals surface area contributed by atoms with Crippen LogP contribution in [0.25, 0.3) is 0 Å². The van der Waals surface area contributed by atoms with E-state index in [9.17, 15) is 4.79 Å². The monoisotopic (exact) mass is 329 g/mol. The highest BCUT2D eigenvalue weighted by Crippen LogP contribution is 2.27. The molecule has 0 spiro atoms. The van der Waals surface area contributed by atoms with Gasteiger partial charge in [0.1, 0.15) is 0 Å². The van der Waals surface area contributed by atoms with Gasteiger partial charge in [0.15, 0.2) is 0 Å². The summed E-state index contributed by atoms with van der Waals surface area (Å²) in [6.45, 7) is 6.61. The smallest absolute Gasteiger partial charge is 0.316 e. The van der Waals surface area contributed by atoms with Gasteiger partial charge in [0.2, 0.25) is 0 Å². The number of nitrogens with one attached hydrogen (secondary N) is 1. The Kier molecular flexibility index (Phi) is 6.47. The van der Waals surface area contributed by atoms with Gasteiger partial charge in [-0.25, -0.2) is 4.79 Å². The number of aromatic nitrogens is 1. The van der Waals surface area contributed by atoms with E-state index in [0.29, 0.717) is 6.54 Å². The molecule has 0 radical (unpaired) electrons. The van der Waals surface area contributed by atoms with Crippen LogP contribution in [0.5, 0.6) is 0 Å². The summed E-state index contributed by atoms with van der Waals surface area (Å²) in [4.78, 5) is 19.9. The first kappa shape index (κ1) is 17.3. The summed E-state index contributed by atoms with van der Waals surface area (Å²) >= 11 is 1.72. The number of para-hydroxylation sites is 1. The van der Waals surface area contributed by atoms with Crippen LogP contribution in [0.15, 0.2) is 53.6 Å². The summed E-state index contributed by atoms with van der Waals surface area (Å²) in [5.41, 5.74) is 1.74. The quantitative estimate of drug-likeness (QED) is 0.786. The zero-order valence-corrected chi connectivity index (χ0v) is 14.6. The van der Waals surface area contributed by atoms with E-state index in [2.05, 4.69) is 17.2 Å². The van der Waals surface area contributed by atoms with E-state index in [1.54, 1.807) is 22.9 Å². The molecule has 0 saturated heterocycles. The largest absolute Gasteiger partial charge is 0.322 e. The lowest BCUT2D eigenvalue weighted by Crippen LogP contribution is -2.39. The van der Waals surface area contributed by atoms with E-state index in [1.807, 2.05) is 56.3 Å². The zero-order valence-electron chi connectivity index (χ0n) is 13.8. The van der Waals surface area contributed by atoms with Crippen LogP contribution in [0.2, 0.25) is 0 Å². The number of nitrogens with zero attached hydrogens (tertiary/aromatic N) is 2. The molecular weight excluding hydrogens is 306 g/mol. The van der Waals surface area contributed by atoms with Crippen LogP contribution in [0, 0.1) is 0 Å². The Morgan fingerprint density at radius 1 is 1.22 bits per heavy atom. The minimum atomic E-state index is -0.102. The van der Waals surface area contributed by atoms with Crippen LogP contribution in [0.4, 0.5) is 10.5 Å². The Labute approximate surface area is 142 Å². The van der Waals surface area contributed by atoms with Gasteiger partial charge in [-0.2, -0.15) is 0 Å². The first-order valence-corrected chi connectivity index (χ1v) is 8.79. The SMILES string of the molecule is CCSc1ccccc1NC(=O)N(Cc1ccccn1)C(C)C. The third-order valence-electron chi connectivity index (χ3n) is 3.37. The van der Waals surface area contributed by atoms with Crippen molar-refractivity contribution in [3.05, 3.63) is 54.4 Å². The minimum absolute atomic E-state index is 0.0861. The predicted molar refractivity (Wildman–Crippen MR) is 96.8 cm³/mol. The van der Waals surface area contributed by atoms with Gasteiger partial charge in [-0.3, -0.25) is 4.98 Å². The minimum Gasteiger partial charge on any atom is -0.316 e. The van der Waals surface area contributed by atoms with Crippen LogP contribution in [0.1, 0.15) is 26.5 Å². The van der Waals surface area contributed by atoms with Crippen LogP contribution >= 0.6 is 11.8 Å². The maximum atomic E-state index is 12.7. The first-order valence-electron chi connectivity index (χ1n) is 7.81. The molecule has 2 amide bonds. The number of pyridine rings is 1. The van der Waals surface area contributed by atoms with Gasteiger partial charge in [-0.05, 0) is 43.9 Å². The van der Waals surface area contributed by atoms with Crippen LogP contribution in [-0.4, -0.2) is 27.7 Å². The van der Waals surface area contributed by atoms with Gasteiger partial charge in [-0.15, -0.1) is 11.8 Å². The summed E-state index contributed by atoms with van der Waals surface area (Å²) < 4.78 is 0. The van der Waals surface area contributed by atoms with Crippen LogP contribution < -0.4 is 5.32 Å². The number of thioether (sulfide) groups is 1. The van der Waals surface area contributed by atoms with Gasteiger partial charge in [0.25, 0.3) is 0 Å². The second-order valence-electron chi connectivity index (χ2n) is 5.40. The molecule has 1 heterocycles.